The quantitative estimate of drug-likeness (QED) is 0.482. The molecule has 0 unspecified atom stereocenters. The molecule has 3 rings (SSSR count). The van der Waals surface area contributed by atoms with Crippen molar-refractivity contribution in [1.82, 2.24) is 4.90 Å². The Labute approximate surface area is 162 Å². The zero-order valence-electron chi connectivity index (χ0n) is 13.2. The smallest absolute Gasteiger partial charge is 0.293 e. The van der Waals surface area contributed by atoms with Crippen LogP contribution in [-0.2, 0) is 11.4 Å². The van der Waals surface area contributed by atoms with Gasteiger partial charge in [0.05, 0.1) is 8.48 Å². The van der Waals surface area contributed by atoms with Gasteiger partial charge < -0.3 is 4.74 Å². The third kappa shape index (κ3) is 4.21. The summed E-state index contributed by atoms with van der Waals surface area (Å²) in [4.78, 5) is 25.0. The van der Waals surface area contributed by atoms with Gasteiger partial charge in [-0.05, 0) is 75.8 Å². The number of imide groups is 1. The molecule has 2 amide bonds. The van der Waals surface area contributed by atoms with Crippen LogP contribution >= 0.6 is 34.4 Å². The lowest BCUT2D eigenvalue weighted by Gasteiger charge is -2.09. The van der Waals surface area contributed by atoms with Crippen LogP contribution < -0.4 is 4.74 Å². The molecule has 2 aromatic rings. The fourth-order valence-electron chi connectivity index (χ4n) is 2.16. The molecule has 128 valence electrons. The number of benzene rings is 2. The number of carbonyl (C=O) groups excluding carboxylic acids is 2. The molecular formula is C18H13FINO3S. The average molecular weight is 469 g/mol. The summed E-state index contributed by atoms with van der Waals surface area (Å²) < 4.78 is 19.5. The van der Waals surface area contributed by atoms with E-state index in [1.165, 1.54) is 19.2 Å². The standard InChI is InChI=1S/C18H13FINO3S/c1-21-17(22)16(25-18(21)23)9-12-4-7-15(14(20)8-12)24-10-11-2-5-13(19)6-3-11/h2-9H,10H2,1H3/b16-9-. The third-order valence-electron chi connectivity index (χ3n) is 3.55. The molecule has 0 bridgehead atoms. The van der Waals surface area contributed by atoms with Crippen LogP contribution in [0.4, 0.5) is 9.18 Å². The Hall–Kier alpha value is -1.87. The van der Waals surface area contributed by atoms with Gasteiger partial charge in [-0.3, -0.25) is 14.5 Å². The van der Waals surface area contributed by atoms with Crippen molar-refractivity contribution in [3.05, 3.63) is 67.9 Å². The SMILES string of the molecule is CN1C(=O)S/C(=C\c2ccc(OCc3ccc(F)cc3)c(I)c2)C1=O. The number of thioether (sulfide) groups is 1. The highest BCUT2D eigenvalue weighted by Gasteiger charge is 2.31. The molecule has 0 aromatic heterocycles. The van der Waals surface area contributed by atoms with Gasteiger partial charge in [0.1, 0.15) is 18.2 Å². The molecule has 0 radical (unpaired) electrons. The summed E-state index contributed by atoms with van der Waals surface area (Å²) in [5.41, 5.74) is 1.69. The van der Waals surface area contributed by atoms with Crippen LogP contribution in [0, 0.1) is 9.39 Å². The lowest BCUT2D eigenvalue weighted by molar-refractivity contribution is -0.121. The summed E-state index contributed by atoms with van der Waals surface area (Å²) in [6, 6.07) is 11.7. The molecule has 0 N–H and O–H groups in total. The van der Waals surface area contributed by atoms with Crippen LogP contribution in [0.25, 0.3) is 6.08 Å². The summed E-state index contributed by atoms with van der Waals surface area (Å²) in [5, 5.41) is -0.273. The summed E-state index contributed by atoms with van der Waals surface area (Å²) in [6.45, 7) is 0.338. The Bertz CT molecular complexity index is 867. The van der Waals surface area contributed by atoms with Crippen LogP contribution in [0.2, 0.25) is 0 Å². The van der Waals surface area contributed by atoms with E-state index in [1.807, 2.05) is 18.2 Å². The van der Waals surface area contributed by atoms with Crippen LogP contribution in [0.1, 0.15) is 11.1 Å². The minimum absolute atomic E-state index is 0.273. The predicted octanol–water partition coefficient (Wildman–Crippen LogP) is 4.68. The number of ether oxygens (including phenoxy) is 1. The Morgan fingerprint density at radius 2 is 1.92 bits per heavy atom. The first-order chi connectivity index (χ1) is 11.9. The van der Waals surface area contributed by atoms with Crippen LogP contribution in [0.3, 0.4) is 0 Å². The lowest BCUT2D eigenvalue weighted by Crippen LogP contribution is -2.22. The van der Waals surface area contributed by atoms with Gasteiger partial charge in [-0.15, -0.1) is 0 Å². The first-order valence-corrected chi connectivity index (χ1v) is 9.22. The number of hydrogen-bond acceptors (Lipinski definition) is 4. The van der Waals surface area contributed by atoms with E-state index in [9.17, 15) is 14.0 Å². The Kier molecular flexibility index (Phi) is 5.43. The second kappa shape index (κ2) is 7.57. The number of carbonyl (C=O) groups is 2. The Morgan fingerprint density at radius 3 is 2.52 bits per heavy atom. The average Bonchev–Trinajstić information content (AvgIpc) is 2.83. The third-order valence-corrected chi connectivity index (χ3v) is 5.35. The monoisotopic (exact) mass is 469 g/mol. The number of likely N-dealkylation sites (N-methyl/N-ethyl adjacent to an activating group) is 1. The highest BCUT2D eigenvalue weighted by Crippen LogP contribution is 2.32. The number of hydrogen-bond donors (Lipinski definition) is 0. The van der Waals surface area contributed by atoms with Gasteiger partial charge in [-0.1, -0.05) is 18.2 Å². The first kappa shape index (κ1) is 17.9. The van der Waals surface area contributed by atoms with Crippen molar-refractivity contribution in [3.63, 3.8) is 0 Å². The summed E-state index contributed by atoms with van der Waals surface area (Å²) >= 11 is 3.08. The van der Waals surface area contributed by atoms with E-state index in [2.05, 4.69) is 22.6 Å². The van der Waals surface area contributed by atoms with Gasteiger partial charge in [0.15, 0.2) is 0 Å². The zero-order valence-corrected chi connectivity index (χ0v) is 16.1. The topological polar surface area (TPSA) is 46.6 Å². The Balaban J connectivity index is 1.72. The van der Waals surface area contributed by atoms with Gasteiger partial charge in [0.25, 0.3) is 11.1 Å². The summed E-state index contributed by atoms with van der Waals surface area (Å²) in [5.74, 6) is 0.131. The summed E-state index contributed by atoms with van der Waals surface area (Å²) in [6.07, 6.45) is 1.69. The van der Waals surface area contributed by atoms with Crippen molar-refractivity contribution in [2.24, 2.45) is 0 Å². The van der Waals surface area contributed by atoms with Gasteiger partial charge in [-0.25, -0.2) is 4.39 Å². The van der Waals surface area contributed by atoms with E-state index in [-0.39, 0.29) is 17.0 Å². The lowest BCUT2D eigenvalue weighted by atomic mass is 10.2. The van der Waals surface area contributed by atoms with E-state index >= 15 is 0 Å². The fourth-order valence-corrected chi connectivity index (χ4v) is 3.68. The molecule has 1 saturated heterocycles. The number of nitrogens with zero attached hydrogens (tertiary/aromatic N) is 1. The van der Waals surface area contributed by atoms with Crippen molar-refractivity contribution in [3.8, 4) is 5.75 Å². The van der Waals surface area contributed by atoms with Gasteiger partial charge in [0, 0.05) is 7.05 Å². The number of rotatable bonds is 4. The molecule has 0 spiro atoms. The maximum Gasteiger partial charge on any atom is 0.293 e. The van der Waals surface area contributed by atoms with Crippen molar-refractivity contribution >= 4 is 51.6 Å². The molecule has 0 aliphatic carbocycles. The van der Waals surface area contributed by atoms with E-state index in [1.54, 1.807) is 18.2 Å². The van der Waals surface area contributed by atoms with E-state index in [0.717, 1.165) is 31.4 Å². The molecule has 0 saturated carbocycles. The van der Waals surface area contributed by atoms with Crippen molar-refractivity contribution in [1.29, 1.82) is 0 Å². The molecule has 7 heteroatoms. The van der Waals surface area contributed by atoms with E-state index in [0.29, 0.717) is 17.3 Å². The van der Waals surface area contributed by atoms with Crippen molar-refractivity contribution in [2.45, 2.75) is 6.61 Å². The van der Waals surface area contributed by atoms with Crippen LogP contribution in [-0.4, -0.2) is 23.1 Å². The molecule has 0 atom stereocenters. The summed E-state index contributed by atoms with van der Waals surface area (Å²) in [7, 11) is 1.47. The van der Waals surface area contributed by atoms with Crippen molar-refractivity contribution < 1.29 is 18.7 Å². The highest BCUT2D eigenvalue weighted by atomic mass is 127. The first-order valence-electron chi connectivity index (χ1n) is 7.32. The maximum absolute atomic E-state index is 12.9. The minimum atomic E-state index is -0.290. The van der Waals surface area contributed by atoms with Crippen LogP contribution in [0.5, 0.6) is 5.75 Å². The Morgan fingerprint density at radius 1 is 1.20 bits per heavy atom. The molecule has 4 nitrogen and oxygen atoms in total. The van der Waals surface area contributed by atoms with Gasteiger partial charge in [0.2, 0.25) is 0 Å². The normalized spacial score (nSPS) is 16.0. The largest absolute Gasteiger partial charge is 0.488 e. The zero-order chi connectivity index (χ0) is 18.0. The molecule has 1 aliphatic rings. The minimum Gasteiger partial charge on any atom is -0.488 e. The second-order valence-corrected chi connectivity index (χ2v) is 7.50. The highest BCUT2D eigenvalue weighted by molar-refractivity contribution is 14.1. The van der Waals surface area contributed by atoms with E-state index in [4.69, 9.17) is 4.74 Å². The number of halogens is 2. The molecule has 1 aliphatic heterocycles. The molecule has 1 fully saturated rings. The molecule has 2 aromatic carbocycles. The fraction of sp³-hybridized carbons (Fsp3) is 0.111. The number of amides is 2. The van der Waals surface area contributed by atoms with Gasteiger partial charge in [-0.2, -0.15) is 0 Å². The molecular weight excluding hydrogens is 456 g/mol. The molecule has 25 heavy (non-hydrogen) atoms. The second-order valence-electron chi connectivity index (χ2n) is 5.35. The maximum atomic E-state index is 12.9. The molecule has 1 heterocycles. The predicted molar refractivity (Wildman–Crippen MR) is 104 cm³/mol. The van der Waals surface area contributed by atoms with Crippen LogP contribution in [0.15, 0.2) is 47.4 Å². The van der Waals surface area contributed by atoms with E-state index < -0.39 is 0 Å². The van der Waals surface area contributed by atoms with Gasteiger partial charge >= 0.3 is 0 Å². The van der Waals surface area contributed by atoms with Crippen molar-refractivity contribution in [2.75, 3.05) is 7.05 Å².